The van der Waals surface area contributed by atoms with Crippen LogP contribution in [0.5, 0.6) is 0 Å². The van der Waals surface area contributed by atoms with Crippen molar-refractivity contribution in [2.45, 2.75) is 13.5 Å². The number of hydrazine groups is 1. The van der Waals surface area contributed by atoms with E-state index < -0.39 is 0 Å². The Balaban J connectivity index is 2.63. The highest BCUT2D eigenvalue weighted by atomic mass is 35.5. The second kappa shape index (κ2) is 7.15. The van der Waals surface area contributed by atoms with Crippen LogP contribution in [-0.2, 0) is 11.3 Å². The molecule has 4 N–H and O–H groups in total. The lowest BCUT2D eigenvalue weighted by atomic mass is 10.3. The van der Waals surface area contributed by atoms with Gasteiger partial charge in [-0.05, 0) is 26.1 Å². The summed E-state index contributed by atoms with van der Waals surface area (Å²) in [4.78, 5) is 17.5. The van der Waals surface area contributed by atoms with Crippen molar-refractivity contribution in [3.05, 3.63) is 22.8 Å². The van der Waals surface area contributed by atoms with Crippen molar-refractivity contribution in [1.29, 1.82) is 0 Å². The molecule has 0 aliphatic rings. The summed E-state index contributed by atoms with van der Waals surface area (Å²) in [5.41, 5.74) is 3.14. The number of carbonyl (C=O) groups is 1. The predicted octanol–water partition coefficient (Wildman–Crippen LogP) is 0.588. The fourth-order valence-corrected chi connectivity index (χ4v) is 1.65. The molecule has 0 aliphatic heterocycles. The van der Waals surface area contributed by atoms with E-state index in [9.17, 15) is 4.79 Å². The first kappa shape index (κ1) is 14.7. The van der Waals surface area contributed by atoms with E-state index in [1.807, 2.05) is 18.9 Å². The van der Waals surface area contributed by atoms with Crippen molar-refractivity contribution in [2.24, 2.45) is 5.84 Å². The number of hydrogen-bond donors (Lipinski definition) is 3. The summed E-state index contributed by atoms with van der Waals surface area (Å²) < 4.78 is 0. The van der Waals surface area contributed by atoms with Gasteiger partial charge in [0.05, 0.1) is 17.3 Å². The molecule has 7 heteroatoms. The van der Waals surface area contributed by atoms with Gasteiger partial charge < -0.3 is 10.7 Å². The summed E-state index contributed by atoms with van der Waals surface area (Å²) in [6.07, 6.45) is 0. The molecule has 18 heavy (non-hydrogen) atoms. The number of nitrogens with one attached hydrogen (secondary N) is 2. The topological polar surface area (TPSA) is 83.3 Å². The van der Waals surface area contributed by atoms with Gasteiger partial charge in [0.2, 0.25) is 5.91 Å². The first-order valence-corrected chi connectivity index (χ1v) is 6.02. The fourth-order valence-electron chi connectivity index (χ4n) is 1.49. The molecule has 100 valence electrons. The zero-order chi connectivity index (χ0) is 13.5. The van der Waals surface area contributed by atoms with Crippen molar-refractivity contribution >= 4 is 23.3 Å². The molecule has 0 aromatic carbocycles. The molecular weight excluding hydrogens is 254 g/mol. The predicted molar refractivity (Wildman–Crippen MR) is 72.1 cm³/mol. The molecule has 1 heterocycles. The minimum absolute atomic E-state index is 0.0239. The first-order valence-electron chi connectivity index (χ1n) is 5.64. The van der Waals surface area contributed by atoms with E-state index in [0.717, 1.165) is 0 Å². The van der Waals surface area contributed by atoms with Gasteiger partial charge >= 0.3 is 0 Å². The van der Waals surface area contributed by atoms with Crippen LogP contribution in [0.2, 0.25) is 5.02 Å². The quantitative estimate of drug-likeness (QED) is 0.521. The molecule has 0 bridgehead atoms. The van der Waals surface area contributed by atoms with Crippen LogP contribution in [0.25, 0.3) is 0 Å². The zero-order valence-corrected chi connectivity index (χ0v) is 11.3. The van der Waals surface area contributed by atoms with Crippen LogP contribution in [-0.4, -0.2) is 35.9 Å². The van der Waals surface area contributed by atoms with Crippen molar-refractivity contribution in [1.82, 2.24) is 15.2 Å². The maximum atomic E-state index is 11.4. The maximum Gasteiger partial charge on any atom is 0.234 e. The lowest BCUT2D eigenvalue weighted by molar-refractivity contribution is -0.121. The Kier molecular flexibility index (Phi) is 5.84. The van der Waals surface area contributed by atoms with Crippen molar-refractivity contribution < 1.29 is 4.79 Å². The molecule has 1 rings (SSSR count). The maximum absolute atomic E-state index is 11.4. The number of nitrogens with two attached hydrogens (primary N) is 1. The number of rotatable bonds is 6. The van der Waals surface area contributed by atoms with E-state index in [1.54, 1.807) is 12.1 Å². The van der Waals surface area contributed by atoms with Crippen LogP contribution < -0.4 is 16.6 Å². The number of aromatic nitrogens is 1. The van der Waals surface area contributed by atoms with Gasteiger partial charge in [0, 0.05) is 13.1 Å². The number of halogens is 1. The van der Waals surface area contributed by atoms with Gasteiger partial charge in [-0.2, -0.15) is 0 Å². The molecule has 0 aliphatic carbocycles. The van der Waals surface area contributed by atoms with Crippen LogP contribution in [0, 0.1) is 0 Å². The Morgan fingerprint density at radius 2 is 2.28 bits per heavy atom. The van der Waals surface area contributed by atoms with E-state index in [0.29, 0.717) is 36.2 Å². The SMILES string of the molecule is CCNC(=O)CN(C)Cc1nc(NN)ccc1Cl. The number of hydrogen-bond acceptors (Lipinski definition) is 5. The van der Waals surface area contributed by atoms with Crippen LogP contribution in [0.3, 0.4) is 0 Å². The molecule has 0 unspecified atom stereocenters. The molecule has 1 aromatic rings. The first-order chi connectivity index (χ1) is 8.56. The number of pyridine rings is 1. The molecule has 0 saturated heterocycles. The smallest absolute Gasteiger partial charge is 0.234 e. The number of anilines is 1. The highest BCUT2D eigenvalue weighted by Gasteiger charge is 2.10. The summed E-state index contributed by atoms with van der Waals surface area (Å²) in [6, 6.07) is 3.41. The van der Waals surface area contributed by atoms with E-state index >= 15 is 0 Å². The molecule has 0 fully saturated rings. The fraction of sp³-hybridized carbons (Fsp3) is 0.455. The van der Waals surface area contributed by atoms with Gasteiger partial charge in [-0.25, -0.2) is 10.8 Å². The summed E-state index contributed by atoms with van der Waals surface area (Å²) in [5, 5.41) is 3.29. The zero-order valence-electron chi connectivity index (χ0n) is 10.5. The van der Waals surface area contributed by atoms with Crippen molar-refractivity contribution in [3.63, 3.8) is 0 Å². The Bertz CT molecular complexity index is 412. The van der Waals surface area contributed by atoms with Gasteiger partial charge in [-0.1, -0.05) is 11.6 Å². The van der Waals surface area contributed by atoms with Crippen LogP contribution >= 0.6 is 11.6 Å². The second-order valence-corrected chi connectivity index (χ2v) is 4.30. The highest BCUT2D eigenvalue weighted by Crippen LogP contribution is 2.17. The molecule has 0 spiro atoms. The number of amides is 1. The Morgan fingerprint density at radius 1 is 1.56 bits per heavy atom. The number of carbonyl (C=O) groups excluding carboxylic acids is 1. The molecule has 1 amide bonds. The normalized spacial score (nSPS) is 10.5. The number of likely N-dealkylation sites (N-methyl/N-ethyl adjacent to an activating group) is 2. The van der Waals surface area contributed by atoms with E-state index in [-0.39, 0.29) is 5.91 Å². The van der Waals surface area contributed by atoms with Gasteiger partial charge in [0.25, 0.3) is 0 Å². The number of nitrogen functional groups attached to an aromatic ring is 1. The second-order valence-electron chi connectivity index (χ2n) is 3.90. The lowest BCUT2D eigenvalue weighted by Gasteiger charge is -2.16. The standard InChI is InChI=1S/C11H18ClN5O/c1-3-14-11(18)7-17(2)6-9-8(12)4-5-10(15-9)16-13/h4-5H,3,6-7,13H2,1-2H3,(H,14,18)(H,15,16). The molecule has 0 saturated carbocycles. The largest absolute Gasteiger partial charge is 0.355 e. The van der Waals surface area contributed by atoms with Gasteiger partial charge in [0.1, 0.15) is 5.82 Å². The van der Waals surface area contributed by atoms with Crippen molar-refractivity contribution in [2.75, 3.05) is 25.6 Å². The van der Waals surface area contributed by atoms with Crippen LogP contribution in [0.15, 0.2) is 12.1 Å². The molecule has 0 radical (unpaired) electrons. The summed E-state index contributed by atoms with van der Waals surface area (Å²) in [5.74, 6) is 5.81. The minimum atomic E-state index is -0.0239. The number of nitrogens with zero attached hydrogens (tertiary/aromatic N) is 2. The monoisotopic (exact) mass is 271 g/mol. The molecular formula is C11H18ClN5O. The summed E-state index contributed by atoms with van der Waals surface area (Å²) in [6.45, 7) is 3.28. The van der Waals surface area contributed by atoms with Crippen LogP contribution in [0.4, 0.5) is 5.82 Å². The Morgan fingerprint density at radius 3 is 2.89 bits per heavy atom. The van der Waals surface area contributed by atoms with Crippen LogP contribution in [0.1, 0.15) is 12.6 Å². The molecule has 1 aromatic heterocycles. The summed E-state index contributed by atoms with van der Waals surface area (Å²) >= 11 is 6.04. The minimum Gasteiger partial charge on any atom is -0.355 e. The molecule has 6 nitrogen and oxygen atoms in total. The van der Waals surface area contributed by atoms with Gasteiger partial charge in [-0.15, -0.1) is 0 Å². The van der Waals surface area contributed by atoms with Gasteiger partial charge in [-0.3, -0.25) is 9.69 Å². The lowest BCUT2D eigenvalue weighted by Crippen LogP contribution is -2.34. The third kappa shape index (κ3) is 4.48. The highest BCUT2D eigenvalue weighted by molar-refractivity contribution is 6.31. The molecule has 0 atom stereocenters. The average molecular weight is 272 g/mol. The van der Waals surface area contributed by atoms with E-state index in [2.05, 4.69) is 15.7 Å². The summed E-state index contributed by atoms with van der Waals surface area (Å²) in [7, 11) is 1.83. The van der Waals surface area contributed by atoms with E-state index in [4.69, 9.17) is 17.4 Å². The van der Waals surface area contributed by atoms with E-state index in [1.165, 1.54) is 0 Å². The third-order valence-corrected chi connectivity index (χ3v) is 2.62. The average Bonchev–Trinajstić information content (AvgIpc) is 2.32. The van der Waals surface area contributed by atoms with Gasteiger partial charge in [0.15, 0.2) is 0 Å². The Hall–Kier alpha value is -1.37. The Labute approximate surface area is 111 Å². The van der Waals surface area contributed by atoms with Crippen molar-refractivity contribution in [3.8, 4) is 0 Å². The third-order valence-electron chi connectivity index (χ3n) is 2.27.